The number of halogens is 3. The van der Waals surface area contributed by atoms with Crippen LogP contribution in [0, 0.1) is 5.92 Å². The smallest absolute Gasteiger partial charge is 0.318 e. The van der Waals surface area contributed by atoms with E-state index in [1.54, 1.807) is 18.3 Å². The molecule has 0 saturated heterocycles. The molecule has 5 nitrogen and oxygen atoms in total. The molecule has 1 aliphatic rings. The van der Waals surface area contributed by atoms with E-state index in [1.165, 1.54) is 18.2 Å². The minimum absolute atomic E-state index is 0.00737. The van der Waals surface area contributed by atoms with Crippen LogP contribution in [0.25, 0.3) is 0 Å². The molecule has 0 spiro atoms. The predicted molar refractivity (Wildman–Crippen MR) is 98.8 cm³/mol. The van der Waals surface area contributed by atoms with Gasteiger partial charge in [0.1, 0.15) is 0 Å². The molecule has 0 aromatic heterocycles. The van der Waals surface area contributed by atoms with E-state index in [9.17, 15) is 22.8 Å². The molecule has 2 aromatic carbocycles. The van der Waals surface area contributed by atoms with Gasteiger partial charge in [0.15, 0.2) is 0 Å². The Bertz CT molecular complexity index is 910. The molecular formula is C20H18F3N3O2. The van der Waals surface area contributed by atoms with E-state index in [1.807, 2.05) is 30.3 Å². The zero-order chi connectivity index (χ0) is 20.3. The van der Waals surface area contributed by atoms with E-state index >= 15 is 0 Å². The quantitative estimate of drug-likeness (QED) is 0.603. The third-order valence-electron chi connectivity index (χ3n) is 4.48. The highest BCUT2D eigenvalue weighted by Crippen LogP contribution is 2.47. The average Bonchev–Trinajstić information content (AvgIpc) is 3.47. The Labute approximate surface area is 159 Å². The number of benzene rings is 2. The molecule has 2 amide bonds. The highest BCUT2D eigenvalue weighted by Gasteiger charge is 2.43. The fraction of sp³-hybridized carbons (Fsp3) is 0.250. The number of amides is 2. The van der Waals surface area contributed by atoms with Crippen LogP contribution < -0.4 is 10.7 Å². The van der Waals surface area contributed by atoms with Crippen molar-refractivity contribution in [2.24, 2.45) is 11.0 Å². The summed E-state index contributed by atoms with van der Waals surface area (Å²) in [6.45, 7) is 1.62. The van der Waals surface area contributed by atoms with Crippen LogP contribution in [-0.4, -0.2) is 23.7 Å². The first-order valence-corrected chi connectivity index (χ1v) is 8.63. The summed E-state index contributed by atoms with van der Waals surface area (Å²) >= 11 is 0. The number of rotatable bonds is 5. The Balaban J connectivity index is 1.60. The first-order valence-electron chi connectivity index (χ1n) is 8.63. The number of nitrogens with one attached hydrogen (secondary N) is 2. The second kappa shape index (κ2) is 7.84. The zero-order valence-corrected chi connectivity index (χ0v) is 15.0. The van der Waals surface area contributed by atoms with Crippen molar-refractivity contribution < 1.29 is 22.8 Å². The maximum atomic E-state index is 12.4. The van der Waals surface area contributed by atoms with E-state index in [2.05, 4.69) is 10.5 Å². The van der Waals surface area contributed by atoms with Gasteiger partial charge in [-0.2, -0.15) is 18.3 Å². The normalized spacial score (nSPS) is 19.1. The van der Waals surface area contributed by atoms with Crippen molar-refractivity contribution in [3.63, 3.8) is 0 Å². The lowest BCUT2D eigenvalue weighted by molar-refractivity contribution is -0.167. The number of carbonyl (C=O) groups excluding carboxylic acids is 2. The summed E-state index contributed by atoms with van der Waals surface area (Å²) in [7, 11) is 0. The summed E-state index contributed by atoms with van der Waals surface area (Å²) in [6.07, 6.45) is -4.21. The van der Waals surface area contributed by atoms with Crippen molar-refractivity contribution in [3.8, 4) is 0 Å². The van der Waals surface area contributed by atoms with Gasteiger partial charge >= 0.3 is 12.1 Å². The third-order valence-corrected chi connectivity index (χ3v) is 4.48. The zero-order valence-electron chi connectivity index (χ0n) is 15.0. The third kappa shape index (κ3) is 4.76. The van der Waals surface area contributed by atoms with Crippen LogP contribution >= 0.6 is 0 Å². The Morgan fingerprint density at radius 2 is 1.79 bits per heavy atom. The number of nitrogens with zero attached hydrogens (tertiary/aromatic N) is 1. The second-order valence-electron chi connectivity index (χ2n) is 6.57. The van der Waals surface area contributed by atoms with Gasteiger partial charge in [0.05, 0.1) is 5.71 Å². The Hall–Kier alpha value is -3.16. The number of anilines is 1. The minimum Gasteiger partial charge on any atom is -0.318 e. The minimum atomic E-state index is -4.97. The topological polar surface area (TPSA) is 70.6 Å². The maximum absolute atomic E-state index is 12.4. The molecule has 1 aliphatic carbocycles. The fourth-order valence-electron chi connectivity index (χ4n) is 2.86. The molecule has 146 valence electrons. The molecule has 2 N–H and O–H groups in total. The van der Waals surface area contributed by atoms with Crippen molar-refractivity contribution in [3.05, 3.63) is 65.7 Å². The van der Waals surface area contributed by atoms with Crippen LogP contribution in [0.3, 0.4) is 0 Å². The molecule has 28 heavy (non-hydrogen) atoms. The van der Waals surface area contributed by atoms with E-state index in [0.717, 1.165) is 12.0 Å². The molecule has 8 heteroatoms. The highest BCUT2D eigenvalue weighted by molar-refractivity contribution is 6.01. The van der Waals surface area contributed by atoms with E-state index in [4.69, 9.17) is 0 Å². The van der Waals surface area contributed by atoms with Crippen molar-refractivity contribution in [1.29, 1.82) is 0 Å². The molecule has 3 rings (SSSR count). The van der Waals surface area contributed by atoms with Crippen LogP contribution in [0.5, 0.6) is 0 Å². The van der Waals surface area contributed by atoms with Gasteiger partial charge in [-0.1, -0.05) is 42.5 Å². The van der Waals surface area contributed by atoms with Crippen molar-refractivity contribution in [1.82, 2.24) is 5.43 Å². The Morgan fingerprint density at radius 3 is 2.46 bits per heavy atom. The van der Waals surface area contributed by atoms with E-state index in [-0.39, 0.29) is 23.4 Å². The monoisotopic (exact) mass is 389 g/mol. The van der Waals surface area contributed by atoms with Crippen LogP contribution in [0.1, 0.15) is 30.4 Å². The molecule has 1 fully saturated rings. The van der Waals surface area contributed by atoms with Crippen molar-refractivity contribution in [2.45, 2.75) is 25.4 Å². The lowest BCUT2D eigenvalue weighted by Gasteiger charge is -2.09. The van der Waals surface area contributed by atoms with Crippen molar-refractivity contribution >= 4 is 23.2 Å². The fourth-order valence-corrected chi connectivity index (χ4v) is 2.86. The lowest BCUT2D eigenvalue weighted by Crippen LogP contribution is -2.30. The first-order chi connectivity index (χ1) is 13.3. The lowest BCUT2D eigenvalue weighted by atomic mass is 10.1. The van der Waals surface area contributed by atoms with Crippen LogP contribution in [-0.2, 0) is 9.59 Å². The second-order valence-corrected chi connectivity index (χ2v) is 6.57. The van der Waals surface area contributed by atoms with Gasteiger partial charge in [-0.25, -0.2) is 5.43 Å². The number of carbonyl (C=O) groups is 2. The summed E-state index contributed by atoms with van der Waals surface area (Å²) in [4.78, 5) is 23.3. The molecule has 2 atom stereocenters. The average molecular weight is 389 g/mol. The van der Waals surface area contributed by atoms with Crippen LogP contribution in [0.2, 0.25) is 0 Å². The summed E-state index contributed by atoms with van der Waals surface area (Å²) in [5, 5.41) is 5.82. The van der Waals surface area contributed by atoms with Gasteiger partial charge in [-0.15, -0.1) is 0 Å². The molecule has 2 aromatic rings. The van der Waals surface area contributed by atoms with Gasteiger partial charge in [0.25, 0.3) is 0 Å². The maximum Gasteiger partial charge on any atom is 0.471 e. The van der Waals surface area contributed by atoms with E-state index < -0.39 is 12.1 Å². The summed E-state index contributed by atoms with van der Waals surface area (Å²) in [5.74, 6) is -2.21. The highest BCUT2D eigenvalue weighted by atomic mass is 19.4. The summed E-state index contributed by atoms with van der Waals surface area (Å²) < 4.78 is 37.1. The first kappa shape index (κ1) is 19.6. The number of hydrazone groups is 1. The van der Waals surface area contributed by atoms with Gasteiger partial charge in [0, 0.05) is 11.6 Å². The predicted octanol–water partition coefficient (Wildman–Crippen LogP) is 3.83. The number of hydrogen-bond donors (Lipinski definition) is 2. The number of alkyl halides is 3. The number of hydrogen-bond acceptors (Lipinski definition) is 3. The van der Waals surface area contributed by atoms with Gasteiger partial charge in [-0.3, -0.25) is 9.59 Å². The molecule has 0 radical (unpaired) electrons. The van der Waals surface area contributed by atoms with Crippen LogP contribution in [0.15, 0.2) is 59.7 Å². The molecule has 0 heterocycles. The van der Waals surface area contributed by atoms with Crippen LogP contribution in [0.4, 0.5) is 18.9 Å². The Morgan fingerprint density at radius 1 is 1.07 bits per heavy atom. The summed E-state index contributed by atoms with van der Waals surface area (Å²) in [6, 6.07) is 15.5. The van der Waals surface area contributed by atoms with E-state index in [0.29, 0.717) is 11.3 Å². The molecule has 0 unspecified atom stereocenters. The van der Waals surface area contributed by atoms with Crippen molar-refractivity contribution in [2.75, 3.05) is 5.32 Å². The largest absolute Gasteiger partial charge is 0.471 e. The SMILES string of the molecule is C/C(=N/NC(=O)[C@H]1C[C@H]1c1ccccc1)c1cccc(NC(=O)C(F)(F)F)c1. The Kier molecular flexibility index (Phi) is 5.48. The molecule has 0 aliphatic heterocycles. The molecule has 1 saturated carbocycles. The molecule has 0 bridgehead atoms. The van der Waals surface area contributed by atoms with Gasteiger partial charge < -0.3 is 5.32 Å². The van der Waals surface area contributed by atoms with Gasteiger partial charge in [0.2, 0.25) is 5.91 Å². The van der Waals surface area contributed by atoms with Gasteiger partial charge in [-0.05, 0) is 42.5 Å². The summed E-state index contributed by atoms with van der Waals surface area (Å²) in [5.41, 5.74) is 4.50. The molecular weight excluding hydrogens is 371 g/mol. The standard InChI is InChI=1S/C20H18F3N3O2/c1-12(14-8-5-9-15(10-14)24-19(28)20(21,22)23)25-26-18(27)17-11-16(17)13-6-3-2-4-7-13/h2-10,16-17H,11H2,1H3,(H,24,28)(H,26,27)/b25-12-/t16-,17-/m0/s1.